The number of nitrogens with one attached hydrogen (secondary N) is 2. The highest BCUT2D eigenvalue weighted by Crippen LogP contribution is 2.28. The molecule has 2 aliphatic rings. The maximum Gasteiger partial charge on any atom is 0.352 e. The Labute approximate surface area is 93.9 Å². The second-order valence-electron chi connectivity index (χ2n) is 4.41. The molecule has 0 spiro atoms. The number of carbonyl (C=O) groups is 2. The molecule has 1 fully saturated rings. The first kappa shape index (κ1) is 11.0. The number of hydrogen-bond donors (Lipinski definition) is 3. The number of urea groups is 1. The summed E-state index contributed by atoms with van der Waals surface area (Å²) in [6, 6.07) is -0.532. The fraction of sp³-hybridized carbons (Fsp3) is 0.636. The van der Waals surface area contributed by atoms with E-state index in [2.05, 4.69) is 10.6 Å². The van der Waals surface area contributed by atoms with Crippen molar-refractivity contribution in [2.45, 2.75) is 38.1 Å². The van der Waals surface area contributed by atoms with Crippen LogP contribution in [-0.4, -0.2) is 23.1 Å². The van der Waals surface area contributed by atoms with E-state index in [1.807, 2.05) is 0 Å². The summed E-state index contributed by atoms with van der Waals surface area (Å²) in [7, 11) is 0. The standard InChI is InChI=1S/C11H16N2O3/c14-10(15)9-6-8(12-11(16)13-9)7-4-2-1-3-5-7/h6-8H,1-5H2,(H,14,15)(H2,12,13,16)/t8-/m0/s1. The first-order valence-electron chi connectivity index (χ1n) is 5.69. The van der Waals surface area contributed by atoms with E-state index >= 15 is 0 Å². The number of carboxylic acids is 1. The first-order chi connectivity index (χ1) is 7.66. The zero-order chi connectivity index (χ0) is 11.5. The van der Waals surface area contributed by atoms with Crippen LogP contribution in [0.4, 0.5) is 4.79 Å². The first-order valence-corrected chi connectivity index (χ1v) is 5.69. The molecule has 88 valence electrons. The van der Waals surface area contributed by atoms with Gasteiger partial charge in [0.1, 0.15) is 5.70 Å². The molecule has 5 heteroatoms. The van der Waals surface area contributed by atoms with E-state index in [4.69, 9.17) is 5.11 Å². The summed E-state index contributed by atoms with van der Waals surface area (Å²) in [6.45, 7) is 0. The molecule has 2 amide bonds. The van der Waals surface area contributed by atoms with Crippen LogP contribution in [0.2, 0.25) is 0 Å². The molecule has 1 atom stereocenters. The van der Waals surface area contributed by atoms with Crippen LogP contribution in [0, 0.1) is 5.92 Å². The molecule has 3 N–H and O–H groups in total. The summed E-state index contributed by atoms with van der Waals surface area (Å²) in [5.74, 6) is -0.690. The monoisotopic (exact) mass is 224 g/mol. The minimum Gasteiger partial charge on any atom is -0.477 e. The van der Waals surface area contributed by atoms with E-state index in [1.165, 1.54) is 19.3 Å². The Balaban J connectivity index is 2.10. The minimum atomic E-state index is -1.07. The Morgan fingerprint density at radius 3 is 2.62 bits per heavy atom. The molecule has 5 nitrogen and oxygen atoms in total. The Morgan fingerprint density at radius 1 is 1.31 bits per heavy atom. The van der Waals surface area contributed by atoms with Crippen LogP contribution in [0.3, 0.4) is 0 Å². The number of rotatable bonds is 2. The average molecular weight is 224 g/mol. The van der Waals surface area contributed by atoms with Gasteiger partial charge in [-0.15, -0.1) is 0 Å². The van der Waals surface area contributed by atoms with Gasteiger partial charge in [0.2, 0.25) is 0 Å². The van der Waals surface area contributed by atoms with E-state index in [9.17, 15) is 9.59 Å². The predicted octanol–water partition coefficient (Wildman–Crippen LogP) is 1.22. The lowest BCUT2D eigenvalue weighted by Crippen LogP contribution is -2.50. The van der Waals surface area contributed by atoms with Crippen molar-refractivity contribution in [2.24, 2.45) is 5.92 Å². The largest absolute Gasteiger partial charge is 0.477 e. The van der Waals surface area contributed by atoms with Crippen LogP contribution < -0.4 is 10.6 Å². The second kappa shape index (κ2) is 4.55. The van der Waals surface area contributed by atoms with Crippen LogP contribution in [0.1, 0.15) is 32.1 Å². The van der Waals surface area contributed by atoms with Crippen LogP contribution in [0.5, 0.6) is 0 Å². The zero-order valence-corrected chi connectivity index (χ0v) is 9.03. The van der Waals surface area contributed by atoms with Gasteiger partial charge in [-0.25, -0.2) is 9.59 Å². The number of carbonyl (C=O) groups excluding carboxylic acids is 1. The number of hydrogen-bond acceptors (Lipinski definition) is 2. The number of amides is 2. The molecule has 1 heterocycles. The van der Waals surface area contributed by atoms with Crippen molar-refractivity contribution in [3.05, 3.63) is 11.8 Å². The molecular weight excluding hydrogens is 208 g/mol. The SMILES string of the molecule is O=C1NC(C(=O)O)=C[C@@H](C2CCCCC2)N1. The molecule has 0 aromatic carbocycles. The quantitative estimate of drug-likeness (QED) is 0.659. The highest BCUT2D eigenvalue weighted by atomic mass is 16.4. The van der Waals surface area contributed by atoms with E-state index in [0.29, 0.717) is 5.92 Å². The molecule has 0 aromatic heterocycles. The molecule has 1 aliphatic carbocycles. The van der Waals surface area contributed by atoms with Gasteiger partial charge in [0.15, 0.2) is 0 Å². The summed E-state index contributed by atoms with van der Waals surface area (Å²) < 4.78 is 0. The van der Waals surface area contributed by atoms with Crippen LogP contribution in [0.15, 0.2) is 11.8 Å². The summed E-state index contributed by atoms with van der Waals surface area (Å²) in [5.41, 5.74) is -0.000626. The molecule has 2 rings (SSSR count). The second-order valence-corrected chi connectivity index (χ2v) is 4.41. The van der Waals surface area contributed by atoms with E-state index in [-0.39, 0.29) is 11.7 Å². The van der Waals surface area contributed by atoms with E-state index in [1.54, 1.807) is 6.08 Å². The van der Waals surface area contributed by atoms with Gasteiger partial charge >= 0.3 is 12.0 Å². The van der Waals surface area contributed by atoms with Gasteiger partial charge in [-0.1, -0.05) is 19.3 Å². The molecule has 16 heavy (non-hydrogen) atoms. The highest BCUT2D eigenvalue weighted by Gasteiger charge is 2.28. The minimum absolute atomic E-state index is 0.000626. The smallest absolute Gasteiger partial charge is 0.352 e. The van der Waals surface area contributed by atoms with Gasteiger partial charge in [0.25, 0.3) is 0 Å². The maximum atomic E-state index is 11.3. The zero-order valence-electron chi connectivity index (χ0n) is 9.03. The molecule has 1 saturated carbocycles. The number of carboxylic acid groups (broad SMARTS) is 1. The lowest BCUT2D eigenvalue weighted by Gasteiger charge is -2.31. The normalized spacial score (nSPS) is 26.6. The maximum absolute atomic E-state index is 11.3. The van der Waals surface area contributed by atoms with Gasteiger partial charge in [-0.2, -0.15) is 0 Å². The summed E-state index contributed by atoms with van der Waals surface area (Å²) in [5, 5.41) is 13.9. The highest BCUT2D eigenvalue weighted by molar-refractivity contribution is 5.93. The van der Waals surface area contributed by atoms with Crippen LogP contribution in [-0.2, 0) is 4.79 Å². The fourth-order valence-electron chi connectivity index (χ4n) is 2.44. The molecule has 0 unspecified atom stereocenters. The van der Waals surface area contributed by atoms with Crippen molar-refractivity contribution in [1.82, 2.24) is 10.6 Å². The van der Waals surface area contributed by atoms with Crippen molar-refractivity contribution < 1.29 is 14.7 Å². The van der Waals surface area contributed by atoms with Crippen molar-refractivity contribution in [3.8, 4) is 0 Å². The van der Waals surface area contributed by atoms with Gasteiger partial charge < -0.3 is 15.7 Å². The average Bonchev–Trinajstić information content (AvgIpc) is 2.29. The molecule has 0 aromatic rings. The third-order valence-electron chi connectivity index (χ3n) is 3.28. The van der Waals surface area contributed by atoms with Gasteiger partial charge in [-0.05, 0) is 24.8 Å². The molecule has 1 aliphatic heterocycles. The summed E-state index contributed by atoms with van der Waals surface area (Å²) in [6.07, 6.45) is 7.33. The van der Waals surface area contributed by atoms with E-state index < -0.39 is 12.0 Å². The molecular formula is C11H16N2O3. The van der Waals surface area contributed by atoms with Gasteiger partial charge in [0, 0.05) is 0 Å². The van der Waals surface area contributed by atoms with Crippen LogP contribution >= 0.6 is 0 Å². The van der Waals surface area contributed by atoms with Gasteiger partial charge in [0.05, 0.1) is 6.04 Å². The molecule has 0 radical (unpaired) electrons. The summed E-state index contributed by atoms with van der Waals surface area (Å²) in [4.78, 5) is 22.1. The summed E-state index contributed by atoms with van der Waals surface area (Å²) >= 11 is 0. The Bertz CT molecular complexity index is 332. The van der Waals surface area contributed by atoms with Crippen molar-refractivity contribution in [2.75, 3.05) is 0 Å². The Hall–Kier alpha value is -1.52. The lowest BCUT2D eigenvalue weighted by atomic mass is 9.83. The number of aliphatic carboxylic acids is 1. The predicted molar refractivity (Wildman–Crippen MR) is 57.7 cm³/mol. The topological polar surface area (TPSA) is 78.4 Å². The fourth-order valence-corrected chi connectivity index (χ4v) is 2.44. The van der Waals surface area contributed by atoms with Crippen LogP contribution in [0.25, 0.3) is 0 Å². The Morgan fingerprint density at radius 2 is 2.00 bits per heavy atom. The van der Waals surface area contributed by atoms with Crippen molar-refractivity contribution >= 4 is 12.0 Å². The molecule has 0 saturated heterocycles. The Kier molecular flexibility index (Phi) is 3.12. The van der Waals surface area contributed by atoms with Crippen molar-refractivity contribution in [3.63, 3.8) is 0 Å². The van der Waals surface area contributed by atoms with Crippen molar-refractivity contribution in [1.29, 1.82) is 0 Å². The van der Waals surface area contributed by atoms with Gasteiger partial charge in [-0.3, -0.25) is 0 Å². The third-order valence-corrected chi connectivity index (χ3v) is 3.28. The molecule has 0 bridgehead atoms. The third kappa shape index (κ3) is 2.35. The lowest BCUT2D eigenvalue weighted by molar-refractivity contribution is -0.133. The van der Waals surface area contributed by atoms with E-state index in [0.717, 1.165) is 12.8 Å².